The molecule has 0 atom stereocenters. The van der Waals surface area contributed by atoms with Gasteiger partial charge in [0.25, 0.3) is 5.91 Å². The van der Waals surface area contributed by atoms with Crippen molar-refractivity contribution in [2.24, 2.45) is 0 Å². The molecule has 3 aromatic rings. The summed E-state index contributed by atoms with van der Waals surface area (Å²) in [5.41, 5.74) is 3.00. The number of carbonyl (C=O) groups excluding carboxylic acids is 2. The summed E-state index contributed by atoms with van der Waals surface area (Å²) in [6.45, 7) is 3.99. The van der Waals surface area contributed by atoms with E-state index in [-0.39, 0.29) is 19.1 Å². The molecule has 0 radical (unpaired) electrons. The smallest absolute Gasteiger partial charge is 0.325 e. The molecule has 1 aromatic heterocycles. The van der Waals surface area contributed by atoms with E-state index in [2.05, 4.69) is 10.5 Å². The van der Waals surface area contributed by atoms with Crippen LogP contribution in [-0.4, -0.2) is 23.6 Å². The molecular weight excluding hydrogens is 372 g/mol. The highest BCUT2D eigenvalue weighted by molar-refractivity contribution is 5.96. The highest BCUT2D eigenvalue weighted by atomic mass is 16.5. The van der Waals surface area contributed by atoms with Gasteiger partial charge in [-0.1, -0.05) is 35.5 Å². The molecule has 29 heavy (non-hydrogen) atoms. The predicted molar refractivity (Wildman–Crippen MR) is 105 cm³/mol. The Morgan fingerprint density at radius 2 is 1.72 bits per heavy atom. The number of aromatic nitrogens is 1. The van der Waals surface area contributed by atoms with Crippen LogP contribution in [0.1, 0.15) is 32.9 Å². The van der Waals surface area contributed by atoms with Crippen molar-refractivity contribution in [2.75, 3.05) is 6.54 Å². The summed E-state index contributed by atoms with van der Waals surface area (Å²) in [5.74, 6) is 0.474. The third-order valence-corrected chi connectivity index (χ3v) is 4.32. The first kappa shape index (κ1) is 20.1. The summed E-state index contributed by atoms with van der Waals surface area (Å²) in [5, 5.41) is 6.43. The minimum atomic E-state index is -0.499. The number of nitrogens with one attached hydrogen (secondary N) is 1. The minimum absolute atomic E-state index is 0.173. The number of hydrogen-bond acceptors (Lipinski definition) is 6. The maximum Gasteiger partial charge on any atom is 0.325 e. The average molecular weight is 394 g/mol. The van der Waals surface area contributed by atoms with Gasteiger partial charge in [-0.2, -0.15) is 0 Å². The van der Waals surface area contributed by atoms with Crippen molar-refractivity contribution in [3.63, 3.8) is 0 Å². The first-order valence-electron chi connectivity index (χ1n) is 9.15. The molecule has 0 aliphatic heterocycles. The SMILES string of the molecule is Cc1noc(C)c1COc1ccc(C(=O)NCC(=O)OCc2ccccc2)cc1. The van der Waals surface area contributed by atoms with Crippen molar-refractivity contribution in [2.45, 2.75) is 27.1 Å². The van der Waals surface area contributed by atoms with Crippen LogP contribution < -0.4 is 10.1 Å². The molecule has 1 amide bonds. The summed E-state index contributed by atoms with van der Waals surface area (Å²) in [7, 11) is 0. The lowest BCUT2D eigenvalue weighted by Crippen LogP contribution is -2.30. The molecule has 2 aromatic carbocycles. The van der Waals surface area contributed by atoms with Crippen molar-refractivity contribution in [3.05, 3.63) is 82.7 Å². The highest BCUT2D eigenvalue weighted by Gasteiger charge is 2.11. The van der Waals surface area contributed by atoms with E-state index in [0.717, 1.165) is 22.6 Å². The van der Waals surface area contributed by atoms with Gasteiger partial charge >= 0.3 is 5.97 Å². The fourth-order valence-corrected chi connectivity index (χ4v) is 2.61. The lowest BCUT2D eigenvalue weighted by Gasteiger charge is -2.08. The van der Waals surface area contributed by atoms with E-state index in [4.69, 9.17) is 14.0 Å². The zero-order valence-corrected chi connectivity index (χ0v) is 16.3. The van der Waals surface area contributed by atoms with Crippen LogP contribution in [0.2, 0.25) is 0 Å². The van der Waals surface area contributed by atoms with Gasteiger partial charge in [0.15, 0.2) is 0 Å². The highest BCUT2D eigenvalue weighted by Crippen LogP contribution is 2.18. The monoisotopic (exact) mass is 394 g/mol. The van der Waals surface area contributed by atoms with Gasteiger partial charge in [0.1, 0.15) is 31.3 Å². The van der Waals surface area contributed by atoms with Crippen molar-refractivity contribution >= 4 is 11.9 Å². The molecule has 1 heterocycles. The van der Waals surface area contributed by atoms with E-state index in [9.17, 15) is 9.59 Å². The Hall–Kier alpha value is -3.61. The number of benzene rings is 2. The van der Waals surface area contributed by atoms with Crippen LogP contribution in [-0.2, 0) is 22.7 Å². The Morgan fingerprint density at radius 3 is 2.38 bits per heavy atom. The van der Waals surface area contributed by atoms with Crippen molar-refractivity contribution in [3.8, 4) is 5.75 Å². The quantitative estimate of drug-likeness (QED) is 0.589. The second-order valence-electron chi connectivity index (χ2n) is 6.44. The lowest BCUT2D eigenvalue weighted by atomic mass is 10.2. The van der Waals surface area contributed by atoms with Crippen molar-refractivity contribution in [1.82, 2.24) is 10.5 Å². The van der Waals surface area contributed by atoms with Gasteiger partial charge in [0.05, 0.1) is 11.3 Å². The van der Waals surface area contributed by atoms with Crippen LogP contribution in [0.4, 0.5) is 0 Å². The van der Waals surface area contributed by atoms with E-state index >= 15 is 0 Å². The number of hydrogen-bond donors (Lipinski definition) is 1. The molecule has 1 N–H and O–H groups in total. The fourth-order valence-electron chi connectivity index (χ4n) is 2.61. The van der Waals surface area contributed by atoms with Crippen LogP contribution in [0.25, 0.3) is 0 Å². The fraction of sp³-hybridized carbons (Fsp3) is 0.227. The maximum absolute atomic E-state index is 12.2. The Kier molecular flexibility index (Phi) is 6.63. The van der Waals surface area contributed by atoms with E-state index in [1.54, 1.807) is 24.3 Å². The van der Waals surface area contributed by atoms with Gasteiger partial charge in [0.2, 0.25) is 0 Å². The van der Waals surface area contributed by atoms with Gasteiger partial charge in [-0.15, -0.1) is 0 Å². The van der Waals surface area contributed by atoms with Crippen LogP contribution in [0.5, 0.6) is 5.75 Å². The minimum Gasteiger partial charge on any atom is -0.489 e. The van der Waals surface area contributed by atoms with Crippen LogP contribution in [0, 0.1) is 13.8 Å². The zero-order valence-electron chi connectivity index (χ0n) is 16.3. The summed E-state index contributed by atoms with van der Waals surface area (Å²) >= 11 is 0. The predicted octanol–water partition coefficient (Wildman–Crippen LogP) is 3.34. The Morgan fingerprint density at radius 1 is 1.00 bits per heavy atom. The third-order valence-electron chi connectivity index (χ3n) is 4.32. The lowest BCUT2D eigenvalue weighted by molar-refractivity contribution is -0.143. The number of carbonyl (C=O) groups is 2. The van der Waals surface area contributed by atoms with Crippen LogP contribution in [0.3, 0.4) is 0 Å². The molecule has 0 saturated heterocycles. The third kappa shape index (κ3) is 5.68. The molecule has 0 aliphatic carbocycles. The van der Waals surface area contributed by atoms with Crippen LogP contribution >= 0.6 is 0 Å². The van der Waals surface area contributed by atoms with Crippen LogP contribution in [0.15, 0.2) is 59.1 Å². The molecule has 150 valence electrons. The van der Waals surface area contributed by atoms with E-state index in [1.165, 1.54) is 0 Å². The number of nitrogens with zero attached hydrogens (tertiary/aromatic N) is 1. The summed E-state index contributed by atoms with van der Waals surface area (Å²) in [6.07, 6.45) is 0. The van der Waals surface area contributed by atoms with Crippen molar-refractivity contribution < 1.29 is 23.6 Å². The van der Waals surface area contributed by atoms with Gasteiger partial charge in [-0.05, 0) is 43.7 Å². The summed E-state index contributed by atoms with van der Waals surface area (Å²) < 4.78 is 15.9. The Bertz CT molecular complexity index is 945. The van der Waals surface area contributed by atoms with Crippen molar-refractivity contribution in [1.29, 1.82) is 0 Å². The molecular formula is C22H22N2O5. The number of ether oxygens (including phenoxy) is 2. The second kappa shape index (κ2) is 9.54. The molecule has 7 heteroatoms. The normalized spacial score (nSPS) is 10.4. The average Bonchev–Trinajstić information content (AvgIpc) is 3.07. The standard InChI is InChI=1S/C22H22N2O5/c1-15-20(16(2)29-24-15)14-27-19-10-8-18(9-11-19)22(26)23-12-21(25)28-13-17-6-4-3-5-7-17/h3-11H,12-14H2,1-2H3,(H,23,26). The summed E-state index contributed by atoms with van der Waals surface area (Å²) in [6, 6.07) is 16.0. The van der Waals surface area contributed by atoms with Gasteiger partial charge in [-0.25, -0.2) is 0 Å². The molecule has 0 fully saturated rings. The molecule has 0 spiro atoms. The number of esters is 1. The van der Waals surface area contributed by atoms with Gasteiger partial charge < -0.3 is 19.3 Å². The maximum atomic E-state index is 12.2. The first-order valence-corrected chi connectivity index (χ1v) is 9.15. The molecule has 0 unspecified atom stereocenters. The molecule has 0 saturated carbocycles. The Balaban J connectivity index is 1.44. The summed E-state index contributed by atoms with van der Waals surface area (Å²) in [4.78, 5) is 24.0. The Labute approximate surface area is 168 Å². The van der Waals surface area contributed by atoms with E-state index < -0.39 is 5.97 Å². The van der Waals surface area contributed by atoms with E-state index in [1.807, 2.05) is 44.2 Å². The molecule has 0 bridgehead atoms. The zero-order chi connectivity index (χ0) is 20.6. The topological polar surface area (TPSA) is 90.7 Å². The van der Waals surface area contributed by atoms with Gasteiger partial charge in [0, 0.05) is 5.56 Å². The van der Waals surface area contributed by atoms with E-state index in [0.29, 0.717) is 17.9 Å². The molecule has 3 rings (SSSR count). The van der Waals surface area contributed by atoms with Gasteiger partial charge in [-0.3, -0.25) is 9.59 Å². The molecule has 7 nitrogen and oxygen atoms in total. The number of aryl methyl sites for hydroxylation is 2. The first-order chi connectivity index (χ1) is 14.0. The second-order valence-corrected chi connectivity index (χ2v) is 6.44. The largest absolute Gasteiger partial charge is 0.489 e. The number of amides is 1. The molecule has 0 aliphatic rings. The number of rotatable bonds is 8.